The number of halogens is 4. The molecule has 1 amide bonds. The fourth-order valence-corrected chi connectivity index (χ4v) is 4.14. The van der Waals surface area contributed by atoms with Crippen LogP contribution in [0.15, 0.2) is 36.4 Å². The Morgan fingerprint density at radius 2 is 1.69 bits per heavy atom. The van der Waals surface area contributed by atoms with Crippen molar-refractivity contribution in [1.82, 2.24) is 0 Å². The molecule has 3 rings (SSSR count). The first kappa shape index (κ1) is 19.3. The van der Waals surface area contributed by atoms with Crippen LogP contribution in [0.2, 0.25) is 20.1 Å². The van der Waals surface area contributed by atoms with Gasteiger partial charge in [0.05, 0.1) is 25.8 Å². The Kier molecular flexibility index (Phi) is 5.95. The first-order chi connectivity index (χ1) is 12.4. The molecule has 2 aromatic carbocycles. The number of esters is 1. The van der Waals surface area contributed by atoms with E-state index >= 15 is 0 Å². The van der Waals surface area contributed by atoms with E-state index in [-0.39, 0.29) is 25.6 Å². The van der Waals surface area contributed by atoms with E-state index in [0.717, 1.165) is 10.1 Å². The van der Waals surface area contributed by atoms with E-state index in [1.54, 1.807) is 0 Å². The Hall–Kier alpha value is -1.50. The third-order valence-electron chi connectivity index (χ3n) is 3.34. The molecule has 1 heterocycles. The number of carbonyl (C=O) groups excluding carboxylic acids is 2. The van der Waals surface area contributed by atoms with Crippen molar-refractivity contribution in [2.45, 2.75) is 0 Å². The molecule has 0 aliphatic carbocycles. The summed E-state index contributed by atoms with van der Waals surface area (Å²) in [5, 5.41) is 4.29. The number of benzene rings is 2. The van der Waals surface area contributed by atoms with Gasteiger partial charge in [-0.25, -0.2) is 4.79 Å². The lowest BCUT2D eigenvalue weighted by Crippen LogP contribution is -2.20. The first-order valence-electron chi connectivity index (χ1n) is 7.15. The largest absolute Gasteiger partial charge is 0.451 e. The van der Waals surface area contributed by atoms with Crippen molar-refractivity contribution >= 4 is 85.4 Å². The summed E-state index contributed by atoms with van der Waals surface area (Å²) in [6.07, 6.45) is 0. The van der Waals surface area contributed by atoms with Gasteiger partial charge in [-0.1, -0.05) is 64.6 Å². The highest BCUT2D eigenvalue weighted by Crippen LogP contribution is 2.35. The molecule has 4 nitrogen and oxygen atoms in total. The zero-order chi connectivity index (χ0) is 18.8. The second-order valence-electron chi connectivity index (χ2n) is 5.11. The molecule has 0 aliphatic rings. The SMILES string of the molecule is O=C(COC(=O)c1sc2ccccc2c1Cl)Nc1cc(Cl)c(Cl)cc1Cl. The second-order valence-corrected chi connectivity index (χ2v) is 7.76. The van der Waals surface area contributed by atoms with E-state index < -0.39 is 18.5 Å². The smallest absolute Gasteiger partial charge is 0.350 e. The van der Waals surface area contributed by atoms with Gasteiger partial charge >= 0.3 is 5.97 Å². The molecule has 0 unspecified atom stereocenters. The lowest BCUT2D eigenvalue weighted by Gasteiger charge is -2.09. The van der Waals surface area contributed by atoms with Gasteiger partial charge in [0.2, 0.25) is 0 Å². The predicted octanol–water partition coefficient (Wildman–Crippen LogP) is 6.31. The van der Waals surface area contributed by atoms with Crippen LogP contribution in [-0.2, 0) is 9.53 Å². The summed E-state index contributed by atoms with van der Waals surface area (Å²) in [6.45, 7) is -0.500. The Morgan fingerprint density at radius 1 is 1.00 bits per heavy atom. The summed E-state index contributed by atoms with van der Waals surface area (Å²) in [6, 6.07) is 10.1. The van der Waals surface area contributed by atoms with Crippen LogP contribution in [0, 0.1) is 0 Å². The number of fused-ring (bicyclic) bond motifs is 1. The molecule has 0 spiro atoms. The minimum Gasteiger partial charge on any atom is -0.451 e. The Morgan fingerprint density at radius 3 is 2.42 bits per heavy atom. The molecule has 3 aromatic rings. The summed E-state index contributed by atoms with van der Waals surface area (Å²) in [7, 11) is 0. The number of anilines is 1. The van der Waals surface area contributed by atoms with Gasteiger partial charge in [0.15, 0.2) is 6.61 Å². The molecule has 0 atom stereocenters. The van der Waals surface area contributed by atoms with Crippen LogP contribution in [0.25, 0.3) is 10.1 Å². The molecule has 1 aromatic heterocycles. The van der Waals surface area contributed by atoms with Crippen LogP contribution >= 0.6 is 57.7 Å². The molecule has 0 fully saturated rings. The molecular weight excluding hydrogens is 440 g/mol. The van der Waals surface area contributed by atoms with Crippen molar-refractivity contribution in [3.8, 4) is 0 Å². The van der Waals surface area contributed by atoms with Gasteiger partial charge in [-0.2, -0.15) is 0 Å². The maximum Gasteiger partial charge on any atom is 0.350 e. The summed E-state index contributed by atoms with van der Waals surface area (Å²) >= 11 is 25.1. The van der Waals surface area contributed by atoms with Gasteiger partial charge in [0, 0.05) is 10.1 Å². The highest BCUT2D eigenvalue weighted by molar-refractivity contribution is 7.21. The normalized spacial score (nSPS) is 10.8. The molecule has 0 aliphatic heterocycles. The van der Waals surface area contributed by atoms with Crippen LogP contribution in [0.3, 0.4) is 0 Å². The third-order valence-corrected chi connectivity index (χ3v) is 6.03. The van der Waals surface area contributed by atoms with Crippen LogP contribution in [0.1, 0.15) is 9.67 Å². The fourth-order valence-electron chi connectivity index (χ4n) is 2.15. The Balaban J connectivity index is 1.66. The maximum atomic E-state index is 12.2. The molecule has 26 heavy (non-hydrogen) atoms. The molecule has 0 bridgehead atoms. The highest BCUT2D eigenvalue weighted by Gasteiger charge is 2.19. The molecule has 134 valence electrons. The molecular formula is C17H9Cl4NO3S. The highest BCUT2D eigenvalue weighted by atomic mass is 35.5. The zero-order valence-corrected chi connectivity index (χ0v) is 16.7. The standard InChI is InChI=1S/C17H9Cl4NO3S/c18-9-5-11(20)12(6-10(9)19)22-14(23)7-25-17(24)16-15(21)8-3-1-2-4-13(8)26-16/h1-6H,7H2,(H,22,23). The van der Waals surface area contributed by atoms with Gasteiger partial charge in [-0.3, -0.25) is 4.79 Å². The molecule has 0 radical (unpaired) electrons. The van der Waals surface area contributed by atoms with Gasteiger partial charge in [-0.15, -0.1) is 11.3 Å². The van der Waals surface area contributed by atoms with Gasteiger partial charge in [0.1, 0.15) is 4.88 Å². The molecule has 0 saturated heterocycles. The van der Waals surface area contributed by atoms with Crippen molar-refractivity contribution in [3.63, 3.8) is 0 Å². The van der Waals surface area contributed by atoms with Crippen molar-refractivity contribution < 1.29 is 14.3 Å². The minimum atomic E-state index is -0.674. The Bertz CT molecular complexity index is 1020. The number of ether oxygens (including phenoxy) is 1. The second kappa shape index (κ2) is 8.03. The van der Waals surface area contributed by atoms with E-state index in [1.165, 1.54) is 23.5 Å². The average molecular weight is 449 g/mol. The van der Waals surface area contributed by atoms with Crippen molar-refractivity contribution in [3.05, 3.63) is 61.4 Å². The van der Waals surface area contributed by atoms with Crippen LogP contribution in [0.5, 0.6) is 0 Å². The summed E-state index contributed by atoms with van der Waals surface area (Å²) in [5.74, 6) is -1.25. The molecule has 0 saturated carbocycles. The number of nitrogens with one attached hydrogen (secondary N) is 1. The maximum absolute atomic E-state index is 12.2. The van der Waals surface area contributed by atoms with Crippen molar-refractivity contribution in [2.75, 3.05) is 11.9 Å². The van der Waals surface area contributed by atoms with E-state index in [4.69, 9.17) is 51.1 Å². The number of hydrogen-bond acceptors (Lipinski definition) is 4. The minimum absolute atomic E-state index is 0.214. The van der Waals surface area contributed by atoms with Crippen LogP contribution < -0.4 is 5.32 Å². The number of rotatable bonds is 4. The quantitative estimate of drug-likeness (QED) is 0.375. The monoisotopic (exact) mass is 447 g/mol. The number of thiophene rings is 1. The zero-order valence-electron chi connectivity index (χ0n) is 12.8. The fraction of sp³-hybridized carbons (Fsp3) is 0.0588. The molecule has 9 heteroatoms. The predicted molar refractivity (Wildman–Crippen MR) is 107 cm³/mol. The summed E-state index contributed by atoms with van der Waals surface area (Å²) in [4.78, 5) is 24.5. The van der Waals surface area contributed by atoms with Crippen molar-refractivity contribution in [1.29, 1.82) is 0 Å². The van der Waals surface area contributed by atoms with Gasteiger partial charge in [0.25, 0.3) is 5.91 Å². The number of amides is 1. The third kappa shape index (κ3) is 4.08. The van der Waals surface area contributed by atoms with E-state index in [9.17, 15) is 9.59 Å². The van der Waals surface area contributed by atoms with E-state index in [2.05, 4.69) is 5.32 Å². The van der Waals surface area contributed by atoms with E-state index in [1.807, 2.05) is 24.3 Å². The summed E-state index contributed by atoms with van der Waals surface area (Å²) in [5.41, 5.74) is 0.266. The lowest BCUT2D eigenvalue weighted by atomic mass is 10.2. The van der Waals surface area contributed by atoms with Gasteiger partial charge in [-0.05, 0) is 18.2 Å². The topological polar surface area (TPSA) is 55.4 Å². The lowest BCUT2D eigenvalue weighted by molar-refractivity contribution is -0.119. The number of hydrogen-bond donors (Lipinski definition) is 1. The van der Waals surface area contributed by atoms with Crippen molar-refractivity contribution in [2.24, 2.45) is 0 Å². The average Bonchev–Trinajstić information content (AvgIpc) is 2.95. The molecule has 1 N–H and O–H groups in total. The van der Waals surface area contributed by atoms with E-state index in [0.29, 0.717) is 5.02 Å². The summed E-state index contributed by atoms with van der Waals surface area (Å²) < 4.78 is 5.90. The number of carbonyl (C=O) groups is 2. The van der Waals surface area contributed by atoms with Gasteiger partial charge < -0.3 is 10.1 Å². The van der Waals surface area contributed by atoms with Crippen LogP contribution in [-0.4, -0.2) is 18.5 Å². The Labute approximate surface area is 172 Å². The van der Waals surface area contributed by atoms with Crippen LogP contribution in [0.4, 0.5) is 5.69 Å². The first-order valence-corrected chi connectivity index (χ1v) is 9.48.